The van der Waals surface area contributed by atoms with Crippen molar-refractivity contribution < 1.29 is 9.90 Å². The van der Waals surface area contributed by atoms with Crippen LogP contribution in [0.3, 0.4) is 0 Å². The lowest BCUT2D eigenvalue weighted by molar-refractivity contribution is 0.0631. The van der Waals surface area contributed by atoms with Gasteiger partial charge >= 0.3 is 5.56 Å². The van der Waals surface area contributed by atoms with E-state index in [4.69, 9.17) is 0 Å². The first-order valence-corrected chi connectivity index (χ1v) is 13.1. The van der Waals surface area contributed by atoms with E-state index in [2.05, 4.69) is 48.3 Å². The van der Waals surface area contributed by atoms with Gasteiger partial charge in [0.2, 0.25) is 5.75 Å². The molecule has 1 atom stereocenters. The van der Waals surface area contributed by atoms with Crippen molar-refractivity contribution in [3.63, 3.8) is 0 Å². The Morgan fingerprint density at radius 2 is 1.75 bits per heavy atom. The van der Waals surface area contributed by atoms with Crippen LogP contribution < -0.4 is 5.56 Å². The normalized spacial score (nSPS) is 18.9. The smallest absolute Gasteiger partial charge is 0.315 e. The number of carbonyl (C=O) groups is 1. The van der Waals surface area contributed by atoms with Crippen molar-refractivity contribution >= 4 is 5.91 Å². The highest BCUT2D eigenvalue weighted by molar-refractivity contribution is 5.95. The summed E-state index contributed by atoms with van der Waals surface area (Å²) in [5, 5.41) is 10.6. The largest absolute Gasteiger partial charge is 0.501 e. The fourth-order valence-electron chi connectivity index (χ4n) is 6.11. The Kier molecular flexibility index (Phi) is 6.69. The van der Waals surface area contributed by atoms with Crippen LogP contribution in [0.25, 0.3) is 0 Å². The van der Waals surface area contributed by atoms with E-state index in [1.165, 1.54) is 16.7 Å². The van der Waals surface area contributed by atoms with E-state index in [0.29, 0.717) is 18.8 Å². The summed E-state index contributed by atoms with van der Waals surface area (Å²) < 4.78 is 1.85. The monoisotopic (exact) mass is 485 g/mol. The van der Waals surface area contributed by atoms with Crippen molar-refractivity contribution in [1.29, 1.82) is 0 Å². The summed E-state index contributed by atoms with van der Waals surface area (Å²) in [4.78, 5) is 32.2. The number of rotatable bonds is 7. The van der Waals surface area contributed by atoms with Gasteiger partial charge in [0.05, 0.1) is 6.04 Å². The Hall–Kier alpha value is -3.41. The average molecular weight is 486 g/mol. The van der Waals surface area contributed by atoms with Crippen molar-refractivity contribution in [2.24, 2.45) is 0 Å². The van der Waals surface area contributed by atoms with Gasteiger partial charge in [0.15, 0.2) is 5.69 Å². The molecule has 1 aliphatic heterocycles. The molecule has 0 saturated heterocycles. The third-order valence-corrected chi connectivity index (χ3v) is 8.32. The van der Waals surface area contributed by atoms with Crippen LogP contribution in [0.1, 0.15) is 72.0 Å². The zero-order chi connectivity index (χ0) is 25.3. The number of hydrogen-bond donors (Lipinski definition) is 1. The minimum Gasteiger partial charge on any atom is -0.501 e. The zero-order valence-corrected chi connectivity index (χ0v) is 21.2. The van der Waals surface area contributed by atoms with Gasteiger partial charge in [-0.05, 0) is 48.8 Å². The standard InChI is InChI=1S/C30H35N3O3/c1-3-21-12-9-13-23(18-21)30(16-7-8-17-30)19-25-31-28(35)27(34)26-29(36)32(2)24(20-33(25)26)15-14-22-10-5-4-6-11-22/h4-6,9-13,18,24,34H,3,7-8,14-17,19-20H2,1-2H3/t24-/m0/s1. The van der Waals surface area contributed by atoms with Gasteiger partial charge in [-0.15, -0.1) is 0 Å². The molecule has 5 rings (SSSR count). The molecular formula is C30H35N3O3. The van der Waals surface area contributed by atoms with Gasteiger partial charge in [0, 0.05) is 25.4 Å². The van der Waals surface area contributed by atoms with Crippen LogP contribution in [0.4, 0.5) is 0 Å². The second kappa shape index (κ2) is 9.92. The Labute approximate surface area is 212 Å². The topological polar surface area (TPSA) is 75.4 Å². The molecule has 0 spiro atoms. The first kappa shape index (κ1) is 24.3. The maximum absolute atomic E-state index is 13.4. The van der Waals surface area contributed by atoms with Crippen molar-refractivity contribution in [1.82, 2.24) is 14.5 Å². The molecule has 0 unspecified atom stereocenters. The predicted molar refractivity (Wildman–Crippen MR) is 140 cm³/mol. The fourth-order valence-corrected chi connectivity index (χ4v) is 6.11. The zero-order valence-electron chi connectivity index (χ0n) is 21.2. The third-order valence-electron chi connectivity index (χ3n) is 8.32. The summed E-state index contributed by atoms with van der Waals surface area (Å²) in [6, 6.07) is 19.0. The summed E-state index contributed by atoms with van der Waals surface area (Å²) >= 11 is 0. The van der Waals surface area contributed by atoms with Crippen molar-refractivity contribution in [3.05, 3.63) is 93.2 Å². The highest BCUT2D eigenvalue weighted by Gasteiger charge is 2.40. The number of aromatic nitrogens is 2. The molecule has 6 nitrogen and oxygen atoms in total. The first-order valence-electron chi connectivity index (χ1n) is 13.1. The summed E-state index contributed by atoms with van der Waals surface area (Å²) in [5.41, 5.74) is 3.07. The molecule has 36 heavy (non-hydrogen) atoms. The summed E-state index contributed by atoms with van der Waals surface area (Å²) in [5.74, 6) is -0.237. The molecule has 188 valence electrons. The van der Waals surface area contributed by atoms with Gasteiger partial charge in [0.1, 0.15) is 5.82 Å². The van der Waals surface area contributed by atoms with E-state index in [-0.39, 0.29) is 23.1 Å². The van der Waals surface area contributed by atoms with Gasteiger partial charge in [0.25, 0.3) is 5.91 Å². The highest BCUT2D eigenvalue weighted by Crippen LogP contribution is 2.44. The minimum absolute atomic E-state index is 0.0457. The molecule has 1 aliphatic carbocycles. The average Bonchev–Trinajstić information content (AvgIpc) is 3.38. The number of benzene rings is 2. The van der Waals surface area contributed by atoms with Crippen molar-refractivity contribution in [2.45, 2.75) is 76.3 Å². The summed E-state index contributed by atoms with van der Waals surface area (Å²) in [6.45, 7) is 2.68. The predicted octanol–water partition coefficient (Wildman–Crippen LogP) is 4.65. The van der Waals surface area contributed by atoms with E-state index in [1.54, 1.807) is 11.9 Å². The van der Waals surface area contributed by atoms with E-state index in [0.717, 1.165) is 44.9 Å². The number of hydrogen-bond acceptors (Lipinski definition) is 4. The van der Waals surface area contributed by atoms with Crippen LogP contribution in [0.5, 0.6) is 5.75 Å². The molecule has 0 radical (unpaired) electrons. The van der Waals surface area contributed by atoms with E-state index in [1.807, 2.05) is 22.8 Å². The lowest BCUT2D eigenvalue weighted by Crippen LogP contribution is -2.48. The van der Waals surface area contributed by atoms with Crippen LogP contribution >= 0.6 is 0 Å². The van der Waals surface area contributed by atoms with Crippen LogP contribution in [-0.4, -0.2) is 38.6 Å². The van der Waals surface area contributed by atoms with Gasteiger partial charge in [-0.1, -0.05) is 74.4 Å². The number of likely N-dealkylation sites (N-methyl/N-ethyl adjacent to an activating group) is 1. The molecular weight excluding hydrogens is 450 g/mol. The molecule has 1 N–H and O–H groups in total. The Balaban J connectivity index is 1.52. The minimum atomic E-state index is -0.712. The number of aromatic hydroxyl groups is 1. The van der Waals surface area contributed by atoms with Crippen molar-refractivity contribution in [3.8, 4) is 5.75 Å². The molecule has 2 aromatic carbocycles. The molecule has 2 heterocycles. The van der Waals surface area contributed by atoms with E-state index >= 15 is 0 Å². The van der Waals surface area contributed by atoms with E-state index < -0.39 is 11.3 Å². The maximum Gasteiger partial charge on any atom is 0.315 e. The van der Waals surface area contributed by atoms with Crippen LogP contribution in [0, 0.1) is 0 Å². The molecule has 1 fully saturated rings. The number of aryl methyl sites for hydroxylation is 2. The Morgan fingerprint density at radius 1 is 1.03 bits per heavy atom. The second-order valence-electron chi connectivity index (χ2n) is 10.5. The Morgan fingerprint density at radius 3 is 2.47 bits per heavy atom. The van der Waals surface area contributed by atoms with Gasteiger partial charge in [-0.25, -0.2) is 0 Å². The lowest BCUT2D eigenvalue weighted by atomic mass is 9.75. The first-order chi connectivity index (χ1) is 17.4. The third kappa shape index (κ3) is 4.45. The molecule has 3 aromatic rings. The van der Waals surface area contributed by atoms with Crippen LogP contribution in [0.2, 0.25) is 0 Å². The van der Waals surface area contributed by atoms with Gasteiger partial charge in [-0.2, -0.15) is 4.98 Å². The van der Waals surface area contributed by atoms with Crippen molar-refractivity contribution in [2.75, 3.05) is 7.05 Å². The number of amides is 1. The molecule has 1 saturated carbocycles. The molecule has 1 aromatic heterocycles. The molecule has 0 bridgehead atoms. The van der Waals surface area contributed by atoms with Gasteiger partial charge < -0.3 is 14.6 Å². The molecule has 1 amide bonds. The van der Waals surface area contributed by atoms with Gasteiger partial charge in [-0.3, -0.25) is 9.59 Å². The fraction of sp³-hybridized carbons (Fsp3) is 0.433. The quantitative estimate of drug-likeness (QED) is 0.529. The number of nitrogens with zero attached hydrogens (tertiary/aromatic N) is 3. The highest BCUT2D eigenvalue weighted by atomic mass is 16.3. The molecule has 6 heteroatoms. The lowest BCUT2D eigenvalue weighted by Gasteiger charge is -2.38. The number of carbonyl (C=O) groups excluding carboxylic acids is 1. The molecule has 2 aliphatic rings. The number of fused-ring (bicyclic) bond motifs is 1. The summed E-state index contributed by atoms with van der Waals surface area (Å²) in [6.07, 6.45) is 7.52. The maximum atomic E-state index is 13.4. The second-order valence-corrected chi connectivity index (χ2v) is 10.5. The SMILES string of the molecule is CCc1cccc(C2(Cc3nc(=O)c(O)c4n3C[C@H](CCc3ccccc3)N(C)C4=O)CCCC2)c1. The Bertz CT molecular complexity index is 1310. The van der Waals surface area contributed by atoms with Crippen LogP contribution in [-0.2, 0) is 31.2 Å². The van der Waals surface area contributed by atoms with E-state index in [9.17, 15) is 14.7 Å². The van der Waals surface area contributed by atoms with Crippen LogP contribution in [0.15, 0.2) is 59.4 Å². The summed E-state index contributed by atoms with van der Waals surface area (Å²) in [7, 11) is 1.76.